The topological polar surface area (TPSA) is 31.4 Å². The lowest BCUT2D eigenvalue weighted by Crippen LogP contribution is -2.12. The Bertz CT molecular complexity index is 916. The third-order valence-electron chi connectivity index (χ3n) is 4.85. The number of nitrogens with zero attached hydrogens (tertiary/aromatic N) is 1. The molecular formula is C23H27Cl2NO2. The number of halogens is 2. The van der Waals surface area contributed by atoms with Crippen molar-refractivity contribution in [1.82, 2.24) is 4.98 Å². The molecule has 28 heavy (non-hydrogen) atoms. The number of para-hydroxylation sites is 1. The van der Waals surface area contributed by atoms with E-state index < -0.39 is 0 Å². The first-order valence-electron chi connectivity index (χ1n) is 9.82. The van der Waals surface area contributed by atoms with Gasteiger partial charge in [0.15, 0.2) is 11.5 Å². The van der Waals surface area contributed by atoms with E-state index in [0.717, 1.165) is 46.1 Å². The number of alkyl halides is 2. The van der Waals surface area contributed by atoms with Crippen LogP contribution in [0.5, 0.6) is 11.5 Å². The van der Waals surface area contributed by atoms with E-state index in [0.29, 0.717) is 36.8 Å². The van der Waals surface area contributed by atoms with Gasteiger partial charge >= 0.3 is 0 Å². The number of fused-ring (bicyclic) bond motifs is 2. The molecule has 3 nitrogen and oxygen atoms in total. The number of rotatable bonds is 10. The molecule has 5 heteroatoms. The zero-order chi connectivity index (χ0) is 19.9. The van der Waals surface area contributed by atoms with Crippen LogP contribution < -0.4 is 9.47 Å². The van der Waals surface area contributed by atoms with E-state index in [1.807, 2.05) is 30.3 Å². The summed E-state index contributed by atoms with van der Waals surface area (Å²) in [6, 6.07) is 14.2. The van der Waals surface area contributed by atoms with Gasteiger partial charge in [0.25, 0.3) is 0 Å². The standard InChI is InChI=1S/C23H27Cl2NO2/c1-16(9-11-24)14-27-22-8-7-21-19(23(22)28-15-17(2)10-12-25)13-18-5-3-4-6-20(18)26-21/h3-8,13,16-17H,9-12,14-15H2,1-2H3. The second-order valence-electron chi connectivity index (χ2n) is 7.43. The quantitative estimate of drug-likeness (QED) is 0.271. The fourth-order valence-corrected chi connectivity index (χ4v) is 3.81. The lowest BCUT2D eigenvalue weighted by Gasteiger charge is -2.19. The predicted octanol–water partition coefficient (Wildman–Crippen LogP) is 6.68. The number of hydrogen-bond acceptors (Lipinski definition) is 3. The van der Waals surface area contributed by atoms with E-state index in [9.17, 15) is 0 Å². The fourth-order valence-electron chi connectivity index (χ4n) is 3.06. The van der Waals surface area contributed by atoms with Crippen molar-refractivity contribution in [2.75, 3.05) is 25.0 Å². The second-order valence-corrected chi connectivity index (χ2v) is 8.18. The van der Waals surface area contributed by atoms with E-state index >= 15 is 0 Å². The van der Waals surface area contributed by atoms with Gasteiger partial charge in [-0.3, -0.25) is 0 Å². The van der Waals surface area contributed by atoms with Crippen molar-refractivity contribution in [1.29, 1.82) is 0 Å². The maximum absolute atomic E-state index is 6.26. The molecule has 0 saturated heterocycles. The highest BCUT2D eigenvalue weighted by atomic mass is 35.5. The molecule has 0 spiro atoms. The molecule has 2 aromatic carbocycles. The van der Waals surface area contributed by atoms with Gasteiger partial charge in [-0.1, -0.05) is 32.0 Å². The molecule has 2 unspecified atom stereocenters. The van der Waals surface area contributed by atoms with Crippen LogP contribution >= 0.6 is 23.2 Å². The molecule has 0 saturated carbocycles. The van der Waals surface area contributed by atoms with Gasteiger partial charge in [0.05, 0.1) is 24.2 Å². The SMILES string of the molecule is CC(CCCl)COc1ccc2nc3ccccc3cc2c1OCC(C)CCCl. The summed E-state index contributed by atoms with van der Waals surface area (Å²) < 4.78 is 12.4. The van der Waals surface area contributed by atoms with Crippen LogP contribution in [0, 0.1) is 11.8 Å². The van der Waals surface area contributed by atoms with E-state index in [1.54, 1.807) is 0 Å². The van der Waals surface area contributed by atoms with Crippen molar-refractivity contribution in [2.45, 2.75) is 26.7 Å². The Morgan fingerprint density at radius 3 is 2.25 bits per heavy atom. The summed E-state index contributed by atoms with van der Waals surface area (Å²) in [5, 5.41) is 2.06. The van der Waals surface area contributed by atoms with E-state index in [1.165, 1.54) is 0 Å². The first-order valence-corrected chi connectivity index (χ1v) is 10.9. The van der Waals surface area contributed by atoms with Crippen molar-refractivity contribution < 1.29 is 9.47 Å². The predicted molar refractivity (Wildman–Crippen MR) is 119 cm³/mol. The highest BCUT2D eigenvalue weighted by molar-refractivity contribution is 6.18. The van der Waals surface area contributed by atoms with Crippen LogP contribution in [0.2, 0.25) is 0 Å². The van der Waals surface area contributed by atoms with Crippen LogP contribution in [-0.2, 0) is 0 Å². The average Bonchev–Trinajstić information content (AvgIpc) is 2.69. The Morgan fingerprint density at radius 2 is 1.54 bits per heavy atom. The summed E-state index contributed by atoms with van der Waals surface area (Å²) in [7, 11) is 0. The van der Waals surface area contributed by atoms with Crippen molar-refractivity contribution in [3.63, 3.8) is 0 Å². The monoisotopic (exact) mass is 419 g/mol. The molecule has 3 aromatic rings. The Hall–Kier alpha value is -1.71. The van der Waals surface area contributed by atoms with Gasteiger partial charge in [-0.25, -0.2) is 4.98 Å². The Balaban J connectivity index is 1.97. The third-order valence-corrected chi connectivity index (χ3v) is 5.29. The van der Waals surface area contributed by atoms with Gasteiger partial charge in [-0.05, 0) is 48.9 Å². The van der Waals surface area contributed by atoms with Crippen molar-refractivity contribution in [3.05, 3.63) is 42.5 Å². The highest BCUT2D eigenvalue weighted by Gasteiger charge is 2.15. The normalized spacial score (nSPS) is 13.6. The van der Waals surface area contributed by atoms with Gasteiger partial charge in [0.1, 0.15) is 0 Å². The molecular weight excluding hydrogens is 393 g/mol. The molecule has 0 fully saturated rings. The van der Waals surface area contributed by atoms with Crippen LogP contribution in [0.1, 0.15) is 26.7 Å². The van der Waals surface area contributed by atoms with Gasteiger partial charge in [-0.15, -0.1) is 23.2 Å². The summed E-state index contributed by atoms with van der Waals surface area (Å²) >= 11 is 11.7. The lowest BCUT2D eigenvalue weighted by atomic mass is 10.1. The fraction of sp³-hybridized carbons (Fsp3) is 0.435. The van der Waals surface area contributed by atoms with E-state index in [2.05, 4.69) is 26.0 Å². The average molecular weight is 420 g/mol. The summed E-state index contributed by atoms with van der Waals surface area (Å²) in [5.41, 5.74) is 1.88. The molecule has 0 amide bonds. The molecule has 0 aliphatic heterocycles. The third kappa shape index (κ3) is 5.21. The molecule has 1 heterocycles. The Labute approximate surface area is 176 Å². The molecule has 150 valence electrons. The number of pyridine rings is 1. The van der Waals surface area contributed by atoms with Gasteiger partial charge in [-0.2, -0.15) is 0 Å². The Kier molecular flexibility index (Phi) is 7.64. The number of aromatic nitrogens is 1. The molecule has 2 atom stereocenters. The van der Waals surface area contributed by atoms with Gasteiger partial charge in [0.2, 0.25) is 0 Å². The molecule has 0 N–H and O–H groups in total. The maximum Gasteiger partial charge on any atom is 0.170 e. The molecule has 0 aliphatic carbocycles. The smallest absolute Gasteiger partial charge is 0.170 e. The van der Waals surface area contributed by atoms with Crippen LogP contribution in [-0.4, -0.2) is 30.0 Å². The van der Waals surface area contributed by atoms with Crippen LogP contribution in [0.3, 0.4) is 0 Å². The molecule has 0 radical (unpaired) electrons. The van der Waals surface area contributed by atoms with Crippen LogP contribution in [0.25, 0.3) is 21.8 Å². The molecule has 1 aromatic heterocycles. The minimum Gasteiger partial charge on any atom is -0.489 e. The van der Waals surface area contributed by atoms with E-state index in [4.69, 9.17) is 37.7 Å². The van der Waals surface area contributed by atoms with E-state index in [-0.39, 0.29) is 0 Å². The van der Waals surface area contributed by atoms with Crippen molar-refractivity contribution >= 4 is 45.0 Å². The lowest BCUT2D eigenvalue weighted by molar-refractivity contribution is 0.220. The first-order chi connectivity index (χ1) is 13.6. The molecule has 0 bridgehead atoms. The summed E-state index contributed by atoms with van der Waals surface area (Å²) in [6.07, 6.45) is 1.83. The van der Waals surface area contributed by atoms with Gasteiger partial charge in [0, 0.05) is 22.5 Å². The minimum atomic E-state index is 0.365. The highest BCUT2D eigenvalue weighted by Crippen LogP contribution is 2.37. The van der Waals surface area contributed by atoms with Crippen LogP contribution in [0.4, 0.5) is 0 Å². The van der Waals surface area contributed by atoms with Crippen molar-refractivity contribution in [2.24, 2.45) is 11.8 Å². The Morgan fingerprint density at radius 1 is 0.857 bits per heavy atom. The van der Waals surface area contributed by atoms with Gasteiger partial charge < -0.3 is 9.47 Å². The summed E-state index contributed by atoms with van der Waals surface area (Å²) in [6.45, 7) is 5.48. The van der Waals surface area contributed by atoms with Crippen LogP contribution in [0.15, 0.2) is 42.5 Å². The summed E-state index contributed by atoms with van der Waals surface area (Å²) in [5.74, 6) is 3.53. The first kappa shape index (κ1) is 21.0. The zero-order valence-corrected chi connectivity index (χ0v) is 18.0. The molecule has 3 rings (SSSR count). The zero-order valence-electron chi connectivity index (χ0n) is 16.5. The van der Waals surface area contributed by atoms with Crippen molar-refractivity contribution in [3.8, 4) is 11.5 Å². The molecule has 0 aliphatic rings. The number of benzene rings is 2. The minimum absolute atomic E-state index is 0.365. The number of ether oxygens (including phenoxy) is 2. The maximum atomic E-state index is 6.26. The second kappa shape index (κ2) is 10.2. The number of hydrogen-bond donors (Lipinski definition) is 0. The summed E-state index contributed by atoms with van der Waals surface area (Å²) in [4.78, 5) is 4.79. The largest absolute Gasteiger partial charge is 0.489 e.